The van der Waals surface area contributed by atoms with Gasteiger partial charge in [-0.05, 0) is 60.5 Å². The summed E-state index contributed by atoms with van der Waals surface area (Å²) in [6.07, 6.45) is 0. The topological polar surface area (TPSA) is 84.5 Å². The van der Waals surface area contributed by atoms with Crippen molar-refractivity contribution in [2.45, 2.75) is 18.4 Å². The Labute approximate surface area is 174 Å². The zero-order valence-electron chi connectivity index (χ0n) is 16.5. The lowest BCUT2D eigenvalue weighted by atomic mass is 10.1. The molecule has 0 unspecified atom stereocenters. The molecular formula is C22H21FN2O4S. The first kappa shape index (κ1) is 21.5. The summed E-state index contributed by atoms with van der Waals surface area (Å²) in [5.41, 5.74) is 1.78. The van der Waals surface area contributed by atoms with Crippen LogP contribution in [0.15, 0.2) is 71.6 Å². The minimum atomic E-state index is -3.95. The van der Waals surface area contributed by atoms with Crippen molar-refractivity contribution < 1.29 is 22.3 Å². The second kappa shape index (κ2) is 9.06. The van der Waals surface area contributed by atoms with Gasteiger partial charge in [-0.1, -0.05) is 24.3 Å². The number of benzene rings is 3. The number of halogens is 1. The minimum absolute atomic E-state index is 0.0362. The molecule has 0 saturated carbocycles. The second-order valence-corrected chi connectivity index (χ2v) is 8.40. The van der Waals surface area contributed by atoms with Crippen LogP contribution in [0.1, 0.15) is 21.5 Å². The van der Waals surface area contributed by atoms with E-state index in [4.69, 9.17) is 4.74 Å². The Bertz CT molecular complexity index is 1160. The Morgan fingerprint density at radius 3 is 2.43 bits per heavy atom. The molecule has 0 atom stereocenters. The van der Waals surface area contributed by atoms with Crippen LogP contribution in [0, 0.1) is 12.7 Å². The van der Waals surface area contributed by atoms with Crippen molar-refractivity contribution in [3.05, 3.63) is 89.2 Å². The summed E-state index contributed by atoms with van der Waals surface area (Å²) in [4.78, 5) is 12.3. The van der Waals surface area contributed by atoms with Crippen molar-refractivity contribution in [3.63, 3.8) is 0 Å². The maximum absolute atomic E-state index is 14.2. The van der Waals surface area contributed by atoms with Crippen LogP contribution in [0.2, 0.25) is 0 Å². The number of aryl methyl sites for hydroxylation is 1. The maximum atomic E-state index is 14.2. The highest BCUT2D eigenvalue weighted by Crippen LogP contribution is 2.18. The average Bonchev–Trinajstić information content (AvgIpc) is 2.73. The molecule has 0 radical (unpaired) electrons. The van der Waals surface area contributed by atoms with Crippen molar-refractivity contribution >= 4 is 21.6 Å². The number of carbonyl (C=O) groups is 1. The zero-order chi connectivity index (χ0) is 21.7. The van der Waals surface area contributed by atoms with Gasteiger partial charge in [0.05, 0.1) is 17.6 Å². The van der Waals surface area contributed by atoms with Crippen LogP contribution in [0.4, 0.5) is 10.1 Å². The van der Waals surface area contributed by atoms with Gasteiger partial charge in [-0.2, -0.15) is 0 Å². The van der Waals surface area contributed by atoms with Crippen LogP contribution in [0.5, 0.6) is 5.75 Å². The number of anilines is 1. The van der Waals surface area contributed by atoms with E-state index >= 15 is 0 Å². The Hall–Kier alpha value is -3.23. The molecule has 0 aliphatic rings. The Morgan fingerprint density at radius 2 is 1.77 bits per heavy atom. The zero-order valence-corrected chi connectivity index (χ0v) is 17.3. The molecule has 6 nitrogen and oxygen atoms in total. The summed E-state index contributed by atoms with van der Waals surface area (Å²) in [5, 5.41) is 2.58. The fourth-order valence-electron chi connectivity index (χ4n) is 2.77. The van der Waals surface area contributed by atoms with E-state index in [2.05, 4.69) is 10.0 Å². The van der Waals surface area contributed by atoms with E-state index in [0.29, 0.717) is 11.4 Å². The quantitative estimate of drug-likeness (QED) is 0.598. The highest BCUT2D eigenvalue weighted by molar-refractivity contribution is 7.89. The van der Waals surface area contributed by atoms with Gasteiger partial charge < -0.3 is 10.1 Å². The molecule has 0 aliphatic heterocycles. The normalized spacial score (nSPS) is 11.2. The maximum Gasteiger partial charge on any atom is 0.258 e. The van der Waals surface area contributed by atoms with Gasteiger partial charge in [-0.15, -0.1) is 0 Å². The fourth-order valence-corrected chi connectivity index (χ4v) is 3.82. The van der Waals surface area contributed by atoms with E-state index < -0.39 is 21.7 Å². The number of amides is 1. The molecule has 0 saturated heterocycles. The highest BCUT2D eigenvalue weighted by atomic mass is 32.2. The smallest absolute Gasteiger partial charge is 0.258 e. The number of hydrogen-bond donors (Lipinski definition) is 2. The first-order chi connectivity index (χ1) is 14.3. The first-order valence-corrected chi connectivity index (χ1v) is 10.6. The number of nitrogens with one attached hydrogen (secondary N) is 2. The van der Waals surface area contributed by atoms with Crippen LogP contribution in [-0.4, -0.2) is 21.4 Å². The summed E-state index contributed by atoms with van der Waals surface area (Å²) in [5.74, 6) is -0.885. The summed E-state index contributed by atoms with van der Waals surface area (Å²) >= 11 is 0. The second-order valence-electron chi connectivity index (χ2n) is 6.64. The van der Waals surface area contributed by atoms with Gasteiger partial charge in [-0.25, -0.2) is 17.5 Å². The monoisotopic (exact) mass is 428 g/mol. The van der Waals surface area contributed by atoms with Crippen LogP contribution in [0.25, 0.3) is 0 Å². The van der Waals surface area contributed by atoms with Crippen LogP contribution >= 0.6 is 0 Å². The molecule has 1 amide bonds. The van der Waals surface area contributed by atoms with Gasteiger partial charge in [-0.3, -0.25) is 4.79 Å². The average molecular weight is 428 g/mol. The van der Waals surface area contributed by atoms with Gasteiger partial charge >= 0.3 is 0 Å². The lowest BCUT2D eigenvalue weighted by molar-refractivity contribution is 0.102. The summed E-state index contributed by atoms with van der Waals surface area (Å²) < 4.78 is 47.0. The van der Waals surface area contributed by atoms with E-state index in [9.17, 15) is 17.6 Å². The molecule has 2 N–H and O–H groups in total. The first-order valence-electron chi connectivity index (χ1n) is 9.08. The molecule has 0 fully saturated rings. The summed E-state index contributed by atoms with van der Waals surface area (Å²) in [7, 11) is -2.41. The molecule has 8 heteroatoms. The van der Waals surface area contributed by atoms with Crippen molar-refractivity contribution in [2.24, 2.45) is 0 Å². The molecule has 156 valence electrons. The third-order valence-electron chi connectivity index (χ3n) is 4.39. The predicted molar refractivity (Wildman–Crippen MR) is 113 cm³/mol. The van der Waals surface area contributed by atoms with E-state index in [1.807, 2.05) is 13.0 Å². The van der Waals surface area contributed by atoms with Crippen molar-refractivity contribution in [1.82, 2.24) is 4.72 Å². The number of carbonyl (C=O) groups excluding carboxylic acids is 1. The molecule has 3 rings (SSSR count). The number of sulfonamides is 1. The highest BCUT2D eigenvalue weighted by Gasteiger charge is 2.19. The van der Waals surface area contributed by atoms with Crippen LogP contribution in [0.3, 0.4) is 0 Å². The number of rotatable bonds is 7. The SMILES string of the molecule is COc1ccc(CNS(=O)(=O)c2ccc(F)c(C(=O)Nc3cccc(C)c3)c2)cc1. The molecule has 0 heterocycles. The van der Waals surface area contributed by atoms with Crippen molar-refractivity contribution in [2.75, 3.05) is 12.4 Å². The van der Waals surface area contributed by atoms with Crippen LogP contribution in [-0.2, 0) is 16.6 Å². The standard InChI is InChI=1S/C22H21FN2O4S/c1-15-4-3-5-17(12-15)25-22(26)20-13-19(10-11-21(20)23)30(27,28)24-14-16-6-8-18(29-2)9-7-16/h3-13,24H,14H2,1-2H3,(H,25,26). The van der Waals surface area contributed by atoms with Gasteiger partial charge in [0, 0.05) is 12.2 Å². The summed E-state index contributed by atoms with van der Waals surface area (Å²) in [6, 6.07) is 17.0. The number of ether oxygens (including phenoxy) is 1. The van der Waals surface area contributed by atoms with Gasteiger partial charge in [0.15, 0.2) is 0 Å². The Balaban J connectivity index is 1.77. The molecule has 3 aromatic carbocycles. The van der Waals surface area contributed by atoms with Crippen molar-refractivity contribution in [3.8, 4) is 5.75 Å². The van der Waals surface area contributed by atoms with Crippen LogP contribution < -0.4 is 14.8 Å². The molecule has 0 spiro atoms. The molecule has 0 aliphatic carbocycles. The number of hydrogen-bond acceptors (Lipinski definition) is 4. The van der Waals surface area contributed by atoms with Gasteiger partial charge in [0.2, 0.25) is 10.0 Å². The molecule has 0 bridgehead atoms. The van der Waals surface area contributed by atoms with Gasteiger partial charge in [0.1, 0.15) is 11.6 Å². The lowest BCUT2D eigenvalue weighted by Gasteiger charge is -2.11. The van der Waals surface area contributed by atoms with E-state index in [1.165, 1.54) is 0 Å². The third-order valence-corrected chi connectivity index (χ3v) is 5.79. The minimum Gasteiger partial charge on any atom is -0.497 e. The molecule has 30 heavy (non-hydrogen) atoms. The largest absolute Gasteiger partial charge is 0.497 e. The molecular weight excluding hydrogens is 407 g/mol. The fraction of sp³-hybridized carbons (Fsp3) is 0.136. The lowest BCUT2D eigenvalue weighted by Crippen LogP contribution is -2.24. The van der Waals surface area contributed by atoms with E-state index in [0.717, 1.165) is 29.3 Å². The molecule has 0 aromatic heterocycles. The van der Waals surface area contributed by atoms with Gasteiger partial charge in [0.25, 0.3) is 5.91 Å². The summed E-state index contributed by atoms with van der Waals surface area (Å²) in [6.45, 7) is 1.90. The Morgan fingerprint density at radius 1 is 1.03 bits per heavy atom. The van der Waals surface area contributed by atoms with E-state index in [1.54, 1.807) is 49.6 Å². The predicted octanol–water partition coefficient (Wildman–Crippen LogP) is 3.87. The third kappa shape index (κ3) is 5.22. The number of methoxy groups -OCH3 is 1. The molecule has 3 aromatic rings. The van der Waals surface area contributed by atoms with E-state index in [-0.39, 0.29) is 17.0 Å². The van der Waals surface area contributed by atoms with Crippen molar-refractivity contribution in [1.29, 1.82) is 0 Å². The Kier molecular flexibility index (Phi) is 6.49.